The van der Waals surface area contributed by atoms with Crippen molar-refractivity contribution in [2.45, 2.75) is 38.5 Å². The van der Waals surface area contributed by atoms with E-state index < -0.39 is 5.97 Å². The maximum Gasteiger partial charge on any atom is 0.303 e. The maximum absolute atomic E-state index is 12.1. The standard InChI is InChI=1S/C14H24N2O3/c17-13(2-1-12-3-6-15-10-12)16-7-4-11(5-8-16)9-14(18)19/h11-12,15H,1-10H2,(H,18,19). The number of carbonyl (C=O) groups is 2. The molecule has 2 rings (SSSR count). The Balaban J connectivity index is 1.65. The summed E-state index contributed by atoms with van der Waals surface area (Å²) >= 11 is 0. The Hall–Kier alpha value is -1.10. The van der Waals surface area contributed by atoms with Crippen LogP contribution in [0.4, 0.5) is 0 Å². The number of aliphatic carboxylic acids is 1. The van der Waals surface area contributed by atoms with Gasteiger partial charge in [0.2, 0.25) is 5.91 Å². The van der Waals surface area contributed by atoms with E-state index in [1.54, 1.807) is 0 Å². The van der Waals surface area contributed by atoms with Crippen molar-refractivity contribution in [3.05, 3.63) is 0 Å². The highest BCUT2D eigenvalue weighted by Crippen LogP contribution is 2.22. The zero-order chi connectivity index (χ0) is 13.7. The normalized spacial score (nSPS) is 24.6. The van der Waals surface area contributed by atoms with Gasteiger partial charge in [0.1, 0.15) is 0 Å². The van der Waals surface area contributed by atoms with Gasteiger partial charge in [0, 0.05) is 25.9 Å². The van der Waals surface area contributed by atoms with Crippen LogP contribution in [0.2, 0.25) is 0 Å². The Morgan fingerprint density at radius 1 is 1.16 bits per heavy atom. The molecule has 0 aromatic rings. The summed E-state index contributed by atoms with van der Waals surface area (Å²) < 4.78 is 0. The second-order valence-corrected chi connectivity index (χ2v) is 5.82. The van der Waals surface area contributed by atoms with Gasteiger partial charge in [-0.25, -0.2) is 0 Å². The van der Waals surface area contributed by atoms with Crippen LogP contribution in [-0.4, -0.2) is 48.1 Å². The van der Waals surface area contributed by atoms with Gasteiger partial charge in [-0.3, -0.25) is 9.59 Å². The quantitative estimate of drug-likeness (QED) is 0.783. The second-order valence-electron chi connectivity index (χ2n) is 5.82. The van der Waals surface area contributed by atoms with Crippen LogP contribution in [0.5, 0.6) is 0 Å². The number of amides is 1. The smallest absolute Gasteiger partial charge is 0.303 e. The lowest BCUT2D eigenvalue weighted by atomic mass is 9.93. The highest BCUT2D eigenvalue weighted by atomic mass is 16.4. The minimum Gasteiger partial charge on any atom is -0.481 e. The van der Waals surface area contributed by atoms with Crippen molar-refractivity contribution in [1.29, 1.82) is 0 Å². The number of likely N-dealkylation sites (tertiary alicyclic amines) is 1. The summed E-state index contributed by atoms with van der Waals surface area (Å²) in [5, 5.41) is 12.1. The fraction of sp³-hybridized carbons (Fsp3) is 0.857. The third-order valence-electron chi connectivity index (χ3n) is 4.36. The molecule has 0 aliphatic carbocycles. The topological polar surface area (TPSA) is 69.6 Å². The van der Waals surface area contributed by atoms with E-state index in [9.17, 15) is 9.59 Å². The predicted octanol–water partition coefficient (Wildman–Crippen LogP) is 1.09. The molecule has 108 valence electrons. The molecule has 5 heteroatoms. The summed E-state index contributed by atoms with van der Waals surface area (Å²) in [7, 11) is 0. The van der Waals surface area contributed by atoms with Gasteiger partial charge < -0.3 is 15.3 Å². The first-order valence-corrected chi connectivity index (χ1v) is 7.35. The molecule has 2 aliphatic heterocycles. The number of hydrogen-bond acceptors (Lipinski definition) is 3. The van der Waals surface area contributed by atoms with Crippen LogP contribution in [0, 0.1) is 11.8 Å². The number of nitrogens with one attached hydrogen (secondary N) is 1. The minimum atomic E-state index is -0.724. The van der Waals surface area contributed by atoms with Gasteiger partial charge in [-0.1, -0.05) is 0 Å². The average molecular weight is 268 g/mol. The molecule has 2 saturated heterocycles. The van der Waals surface area contributed by atoms with Gasteiger partial charge >= 0.3 is 5.97 Å². The molecule has 0 aromatic carbocycles. The molecule has 2 heterocycles. The van der Waals surface area contributed by atoms with Crippen molar-refractivity contribution in [2.24, 2.45) is 11.8 Å². The van der Waals surface area contributed by atoms with E-state index in [1.807, 2.05) is 4.90 Å². The first-order valence-electron chi connectivity index (χ1n) is 7.35. The van der Waals surface area contributed by atoms with Gasteiger partial charge in [-0.15, -0.1) is 0 Å². The molecule has 1 atom stereocenters. The Morgan fingerprint density at radius 3 is 2.47 bits per heavy atom. The summed E-state index contributed by atoms with van der Waals surface area (Å²) in [6, 6.07) is 0. The molecule has 2 aliphatic rings. The molecular formula is C14H24N2O3. The van der Waals surface area contributed by atoms with Crippen LogP contribution in [0.1, 0.15) is 38.5 Å². The largest absolute Gasteiger partial charge is 0.481 e. The Morgan fingerprint density at radius 2 is 1.89 bits per heavy atom. The molecule has 19 heavy (non-hydrogen) atoms. The van der Waals surface area contributed by atoms with E-state index in [-0.39, 0.29) is 18.2 Å². The van der Waals surface area contributed by atoms with E-state index in [4.69, 9.17) is 5.11 Å². The van der Waals surface area contributed by atoms with Crippen molar-refractivity contribution >= 4 is 11.9 Å². The van der Waals surface area contributed by atoms with Crippen LogP contribution in [-0.2, 0) is 9.59 Å². The minimum absolute atomic E-state index is 0.246. The van der Waals surface area contributed by atoms with E-state index in [1.165, 1.54) is 6.42 Å². The molecular weight excluding hydrogens is 244 g/mol. The fourth-order valence-electron chi connectivity index (χ4n) is 3.08. The van der Waals surface area contributed by atoms with Crippen LogP contribution < -0.4 is 5.32 Å². The molecule has 0 radical (unpaired) electrons. The second kappa shape index (κ2) is 6.89. The first kappa shape index (κ1) is 14.3. The highest BCUT2D eigenvalue weighted by molar-refractivity contribution is 5.76. The zero-order valence-corrected chi connectivity index (χ0v) is 11.4. The van der Waals surface area contributed by atoms with Crippen molar-refractivity contribution in [3.8, 4) is 0 Å². The van der Waals surface area contributed by atoms with Gasteiger partial charge in [-0.05, 0) is 50.6 Å². The number of piperidine rings is 1. The lowest BCUT2D eigenvalue weighted by molar-refractivity contribution is -0.138. The maximum atomic E-state index is 12.1. The number of carboxylic acids is 1. The van der Waals surface area contributed by atoms with Crippen molar-refractivity contribution in [2.75, 3.05) is 26.2 Å². The molecule has 1 amide bonds. The van der Waals surface area contributed by atoms with E-state index >= 15 is 0 Å². The number of rotatable bonds is 5. The molecule has 0 bridgehead atoms. The summed E-state index contributed by atoms with van der Waals surface area (Å²) in [5.41, 5.74) is 0. The predicted molar refractivity (Wildman–Crippen MR) is 71.8 cm³/mol. The average Bonchev–Trinajstić information content (AvgIpc) is 2.89. The molecule has 1 unspecified atom stereocenters. The van der Waals surface area contributed by atoms with Crippen LogP contribution >= 0.6 is 0 Å². The molecule has 2 fully saturated rings. The SMILES string of the molecule is O=C(O)CC1CCN(C(=O)CCC2CCNC2)CC1. The molecule has 0 aromatic heterocycles. The molecule has 0 spiro atoms. The first-order chi connectivity index (χ1) is 9.15. The summed E-state index contributed by atoms with van der Waals surface area (Å²) in [6.07, 6.45) is 4.74. The lowest BCUT2D eigenvalue weighted by Crippen LogP contribution is -2.39. The van der Waals surface area contributed by atoms with E-state index in [0.29, 0.717) is 12.3 Å². The van der Waals surface area contributed by atoms with Crippen molar-refractivity contribution in [3.63, 3.8) is 0 Å². The number of nitrogens with zero attached hydrogens (tertiary/aromatic N) is 1. The van der Waals surface area contributed by atoms with E-state index in [0.717, 1.165) is 45.4 Å². The Labute approximate surface area is 114 Å². The Bertz CT molecular complexity index is 319. The lowest BCUT2D eigenvalue weighted by Gasteiger charge is -2.31. The van der Waals surface area contributed by atoms with Gasteiger partial charge in [-0.2, -0.15) is 0 Å². The zero-order valence-electron chi connectivity index (χ0n) is 11.4. The Kier molecular flexibility index (Phi) is 5.19. The summed E-state index contributed by atoms with van der Waals surface area (Å²) in [6.45, 7) is 3.60. The van der Waals surface area contributed by atoms with Crippen LogP contribution in [0.15, 0.2) is 0 Å². The third-order valence-corrected chi connectivity index (χ3v) is 4.36. The van der Waals surface area contributed by atoms with Crippen molar-refractivity contribution < 1.29 is 14.7 Å². The third kappa shape index (κ3) is 4.49. The van der Waals surface area contributed by atoms with Crippen molar-refractivity contribution in [1.82, 2.24) is 10.2 Å². The monoisotopic (exact) mass is 268 g/mol. The van der Waals surface area contributed by atoms with Gasteiger partial charge in [0.15, 0.2) is 0 Å². The highest BCUT2D eigenvalue weighted by Gasteiger charge is 2.25. The summed E-state index contributed by atoms with van der Waals surface area (Å²) in [5.74, 6) is 0.438. The molecule has 2 N–H and O–H groups in total. The van der Waals surface area contributed by atoms with Gasteiger partial charge in [0.25, 0.3) is 0 Å². The fourth-order valence-corrected chi connectivity index (χ4v) is 3.08. The molecule has 0 saturated carbocycles. The molecule has 5 nitrogen and oxygen atoms in total. The number of hydrogen-bond donors (Lipinski definition) is 2. The number of carboxylic acid groups (broad SMARTS) is 1. The van der Waals surface area contributed by atoms with Crippen LogP contribution in [0.25, 0.3) is 0 Å². The summed E-state index contributed by atoms with van der Waals surface area (Å²) in [4.78, 5) is 24.6. The van der Waals surface area contributed by atoms with Crippen LogP contribution in [0.3, 0.4) is 0 Å². The number of carbonyl (C=O) groups excluding carboxylic acids is 1. The van der Waals surface area contributed by atoms with Gasteiger partial charge in [0.05, 0.1) is 0 Å². The van der Waals surface area contributed by atoms with E-state index in [2.05, 4.69) is 5.32 Å².